The number of benzene rings is 1. The lowest BCUT2D eigenvalue weighted by atomic mass is 10.1. The molecule has 1 atom stereocenters. The minimum Gasteiger partial charge on any atom is -0.493 e. The molecule has 1 N–H and O–H groups in total. The average Bonchev–Trinajstić information content (AvgIpc) is 2.97. The Bertz CT molecular complexity index is 482. The Hall–Kier alpha value is -1.26. The normalized spacial score (nSPS) is 16.7. The maximum Gasteiger partial charge on any atom is 0.226 e. The predicted octanol–water partition coefficient (Wildman–Crippen LogP) is 3.09. The highest BCUT2D eigenvalue weighted by Gasteiger charge is 2.25. The molecule has 130 valence electrons. The molecule has 0 saturated carbocycles. The first kappa shape index (κ1) is 19.8. The van der Waals surface area contributed by atoms with Crippen LogP contribution in [0.3, 0.4) is 0 Å². The first-order valence-electron chi connectivity index (χ1n) is 8.31. The van der Waals surface area contributed by atoms with E-state index in [2.05, 4.69) is 32.2 Å². The van der Waals surface area contributed by atoms with E-state index in [1.807, 2.05) is 17.0 Å². The lowest BCUT2D eigenvalue weighted by Crippen LogP contribution is -2.42. The molecule has 4 nitrogen and oxygen atoms in total. The first-order valence-corrected chi connectivity index (χ1v) is 8.31. The quantitative estimate of drug-likeness (QED) is 0.829. The number of halogens is 1. The molecule has 1 saturated heterocycles. The van der Waals surface area contributed by atoms with Crippen molar-refractivity contribution in [3.8, 4) is 5.75 Å². The third-order valence-electron chi connectivity index (χ3n) is 4.04. The third-order valence-corrected chi connectivity index (χ3v) is 4.04. The summed E-state index contributed by atoms with van der Waals surface area (Å²) in [6.45, 7) is 9.45. The molecule has 1 amide bonds. The van der Waals surface area contributed by atoms with Gasteiger partial charge >= 0.3 is 0 Å². The van der Waals surface area contributed by atoms with Crippen LogP contribution in [0.25, 0.3) is 0 Å². The van der Waals surface area contributed by atoms with E-state index >= 15 is 0 Å². The van der Waals surface area contributed by atoms with Crippen molar-refractivity contribution in [2.45, 2.75) is 46.1 Å². The van der Waals surface area contributed by atoms with Crippen LogP contribution in [0, 0.1) is 13.8 Å². The van der Waals surface area contributed by atoms with E-state index in [4.69, 9.17) is 4.74 Å². The summed E-state index contributed by atoms with van der Waals surface area (Å²) in [5.41, 5.74) is 2.37. The fourth-order valence-electron chi connectivity index (χ4n) is 3.07. The maximum atomic E-state index is 12.5. The standard InChI is InChI=1S/C18H28N2O2.ClH/c1-4-8-20(16-5-7-19-13-16)18(21)6-9-22-17-11-14(2)10-15(3)12-17;/h10-12,16,19H,4-9,13H2,1-3H3;1H. The summed E-state index contributed by atoms with van der Waals surface area (Å²) in [4.78, 5) is 14.5. The zero-order chi connectivity index (χ0) is 15.9. The van der Waals surface area contributed by atoms with Gasteiger partial charge in [-0.2, -0.15) is 0 Å². The Labute approximate surface area is 146 Å². The van der Waals surface area contributed by atoms with Crippen LogP contribution in [0.4, 0.5) is 0 Å². The summed E-state index contributed by atoms with van der Waals surface area (Å²) < 4.78 is 5.77. The number of carbonyl (C=O) groups excluding carboxylic acids is 1. The Morgan fingerprint density at radius 2 is 2.00 bits per heavy atom. The van der Waals surface area contributed by atoms with Gasteiger partial charge in [-0.3, -0.25) is 4.79 Å². The Kier molecular flexibility index (Phi) is 8.42. The second kappa shape index (κ2) is 9.78. The van der Waals surface area contributed by atoms with Crippen LogP contribution in [0.5, 0.6) is 5.75 Å². The molecule has 1 fully saturated rings. The van der Waals surface area contributed by atoms with Crippen LogP contribution in [-0.2, 0) is 4.79 Å². The molecule has 5 heteroatoms. The van der Waals surface area contributed by atoms with Gasteiger partial charge < -0.3 is 15.0 Å². The second-order valence-electron chi connectivity index (χ2n) is 6.16. The van der Waals surface area contributed by atoms with E-state index in [9.17, 15) is 4.79 Å². The average molecular weight is 341 g/mol. The zero-order valence-corrected chi connectivity index (χ0v) is 15.2. The Morgan fingerprint density at radius 3 is 2.57 bits per heavy atom. The van der Waals surface area contributed by atoms with Crippen molar-refractivity contribution in [1.29, 1.82) is 0 Å². The Morgan fingerprint density at radius 1 is 1.30 bits per heavy atom. The summed E-state index contributed by atoms with van der Waals surface area (Å²) in [6, 6.07) is 6.51. The van der Waals surface area contributed by atoms with Crippen molar-refractivity contribution >= 4 is 18.3 Å². The van der Waals surface area contributed by atoms with Crippen LogP contribution >= 0.6 is 12.4 Å². The molecule has 23 heavy (non-hydrogen) atoms. The zero-order valence-electron chi connectivity index (χ0n) is 14.4. The van der Waals surface area contributed by atoms with E-state index in [0.717, 1.165) is 38.2 Å². The highest BCUT2D eigenvalue weighted by Crippen LogP contribution is 2.17. The van der Waals surface area contributed by atoms with Crippen molar-refractivity contribution in [2.24, 2.45) is 0 Å². The third kappa shape index (κ3) is 6.04. The number of hydrogen-bond donors (Lipinski definition) is 1. The van der Waals surface area contributed by atoms with Crippen molar-refractivity contribution in [3.05, 3.63) is 29.3 Å². The summed E-state index contributed by atoms with van der Waals surface area (Å²) in [5, 5.41) is 3.34. The molecule has 1 heterocycles. The van der Waals surface area contributed by atoms with E-state index in [1.165, 1.54) is 11.1 Å². The molecule has 2 rings (SSSR count). The molecular formula is C18H29ClN2O2. The number of carbonyl (C=O) groups is 1. The fourth-order valence-corrected chi connectivity index (χ4v) is 3.07. The summed E-state index contributed by atoms with van der Waals surface area (Å²) in [6.07, 6.45) is 2.51. The molecule has 0 aromatic heterocycles. The van der Waals surface area contributed by atoms with E-state index in [-0.39, 0.29) is 18.3 Å². The van der Waals surface area contributed by atoms with Gasteiger partial charge in [-0.15, -0.1) is 12.4 Å². The molecule has 0 bridgehead atoms. The van der Waals surface area contributed by atoms with Gasteiger partial charge in [0, 0.05) is 19.1 Å². The molecule has 1 aliphatic heterocycles. The molecule has 1 unspecified atom stereocenters. The van der Waals surface area contributed by atoms with Crippen LogP contribution in [0.1, 0.15) is 37.3 Å². The lowest BCUT2D eigenvalue weighted by Gasteiger charge is -2.28. The van der Waals surface area contributed by atoms with Gasteiger partial charge in [0.2, 0.25) is 5.91 Å². The van der Waals surface area contributed by atoms with E-state index < -0.39 is 0 Å². The smallest absolute Gasteiger partial charge is 0.226 e. The number of nitrogens with zero attached hydrogens (tertiary/aromatic N) is 1. The van der Waals surface area contributed by atoms with Crippen LogP contribution in [-0.4, -0.2) is 43.1 Å². The predicted molar refractivity (Wildman–Crippen MR) is 96.6 cm³/mol. The van der Waals surface area contributed by atoms with Crippen molar-refractivity contribution in [1.82, 2.24) is 10.2 Å². The molecule has 1 aromatic rings. The number of amides is 1. The number of rotatable bonds is 7. The van der Waals surface area contributed by atoms with E-state index in [0.29, 0.717) is 19.1 Å². The topological polar surface area (TPSA) is 41.6 Å². The SMILES string of the molecule is CCCN(C(=O)CCOc1cc(C)cc(C)c1)C1CCNC1.Cl. The molecular weight excluding hydrogens is 312 g/mol. The highest BCUT2D eigenvalue weighted by molar-refractivity contribution is 5.85. The van der Waals surface area contributed by atoms with Gasteiger partial charge in [0.1, 0.15) is 5.75 Å². The monoisotopic (exact) mass is 340 g/mol. The van der Waals surface area contributed by atoms with Crippen molar-refractivity contribution in [2.75, 3.05) is 26.2 Å². The van der Waals surface area contributed by atoms with Crippen LogP contribution < -0.4 is 10.1 Å². The van der Waals surface area contributed by atoms with Gasteiger partial charge in [0.15, 0.2) is 0 Å². The minimum atomic E-state index is 0. The maximum absolute atomic E-state index is 12.5. The van der Waals surface area contributed by atoms with Gasteiger partial charge in [0.25, 0.3) is 0 Å². The summed E-state index contributed by atoms with van der Waals surface area (Å²) in [7, 11) is 0. The molecule has 0 aliphatic carbocycles. The second-order valence-corrected chi connectivity index (χ2v) is 6.16. The van der Waals surface area contributed by atoms with Gasteiger partial charge in [-0.25, -0.2) is 0 Å². The lowest BCUT2D eigenvalue weighted by molar-refractivity contribution is -0.133. The number of hydrogen-bond acceptors (Lipinski definition) is 3. The van der Waals surface area contributed by atoms with Gasteiger partial charge in [0.05, 0.1) is 13.0 Å². The molecule has 0 spiro atoms. The van der Waals surface area contributed by atoms with Gasteiger partial charge in [-0.1, -0.05) is 13.0 Å². The molecule has 1 aromatic carbocycles. The van der Waals surface area contributed by atoms with Crippen molar-refractivity contribution in [3.63, 3.8) is 0 Å². The Balaban J connectivity index is 0.00000264. The first-order chi connectivity index (χ1) is 10.6. The molecule has 1 aliphatic rings. The summed E-state index contributed by atoms with van der Waals surface area (Å²) in [5.74, 6) is 1.06. The van der Waals surface area contributed by atoms with Crippen LogP contribution in [0.15, 0.2) is 18.2 Å². The van der Waals surface area contributed by atoms with Crippen molar-refractivity contribution < 1.29 is 9.53 Å². The number of ether oxygens (including phenoxy) is 1. The number of nitrogens with one attached hydrogen (secondary N) is 1. The van der Waals surface area contributed by atoms with E-state index in [1.54, 1.807) is 0 Å². The molecule has 0 radical (unpaired) electrons. The highest BCUT2D eigenvalue weighted by atomic mass is 35.5. The number of aryl methyl sites for hydroxylation is 2. The minimum absolute atomic E-state index is 0. The summed E-state index contributed by atoms with van der Waals surface area (Å²) >= 11 is 0. The van der Waals surface area contributed by atoms with Gasteiger partial charge in [-0.05, 0) is 56.5 Å². The fraction of sp³-hybridized carbons (Fsp3) is 0.611. The van der Waals surface area contributed by atoms with Crippen LogP contribution in [0.2, 0.25) is 0 Å². The largest absolute Gasteiger partial charge is 0.493 e.